The molecule has 2 heterocycles. The van der Waals surface area contributed by atoms with E-state index in [1.165, 1.54) is 37.8 Å². The molecule has 0 radical (unpaired) electrons. The SMILES string of the molecule is Cc1cn2c(CC3CCCCC3)cnc2[nH]c1=O. The van der Waals surface area contributed by atoms with Crippen molar-refractivity contribution in [3.63, 3.8) is 0 Å². The minimum atomic E-state index is -0.0442. The summed E-state index contributed by atoms with van der Waals surface area (Å²) < 4.78 is 2.03. The van der Waals surface area contributed by atoms with Gasteiger partial charge in [-0.2, -0.15) is 0 Å². The summed E-state index contributed by atoms with van der Waals surface area (Å²) in [6.07, 6.45) is 11.6. The number of nitrogens with zero attached hydrogens (tertiary/aromatic N) is 2. The summed E-state index contributed by atoms with van der Waals surface area (Å²) >= 11 is 0. The molecule has 0 atom stereocenters. The zero-order valence-electron chi connectivity index (χ0n) is 10.8. The second kappa shape index (κ2) is 4.59. The third kappa shape index (κ3) is 2.07. The van der Waals surface area contributed by atoms with E-state index in [4.69, 9.17) is 0 Å². The summed E-state index contributed by atoms with van der Waals surface area (Å²) in [5, 5.41) is 0. The Kier molecular flexibility index (Phi) is 2.94. The highest BCUT2D eigenvalue weighted by atomic mass is 16.1. The molecular formula is C14H19N3O. The van der Waals surface area contributed by atoms with Gasteiger partial charge in [-0.3, -0.25) is 14.2 Å². The van der Waals surface area contributed by atoms with E-state index in [0.717, 1.165) is 17.9 Å². The summed E-state index contributed by atoms with van der Waals surface area (Å²) in [6, 6.07) is 0. The first kappa shape index (κ1) is 11.5. The molecule has 2 aromatic rings. The van der Waals surface area contributed by atoms with Crippen LogP contribution in [0.4, 0.5) is 0 Å². The molecule has 4 heteroatoms. The Labute approximate surface area is 106 Å². The summed E-state index contributed by atoms with van der Waals surface area (Å²) in [5.74, 6) is 1.45. The quantitative estimate of drug-likeness (QED) is 0.883. The number of imidazole rings is 1. The molecule has 0 unspecified atom stereocenters. The van der Waals surface area contributed by atoms with E-state index in [0.29, 0.717) is 5.78 Å². The van der Waals surface area contributed by atoms with Gasteiger partial charge in [-0.25, -0.2) is 4.98 Å². The van der Waals surface area contributed by atoms with Gasteiger partial charge in [-0.05, 0) is 19.3 Å². The molecule has 0 amide bonds. The predicted octanol–water partition coefficient (Wildman–Crippen LogP) is 2.45. The molecule has 0 aliphatic heterocycles. The first-order chi connectivity index (χ1) is 8.74. The van der Waals surface area contributed by atoms with Crippen molar-refractivity contribution in [2.24, 2.45) is 5.92 Å². The molecule has 0 bridgehead atoms. The minimum absolute atomic E-state index is 0.0442. The van der Waals surface area contributed by atoms with Gasteiger partial charge in [0.1, 0.15) is 0 Å². The second-order valence-electron chi connectivity index (χ2n) is 5.42. The highest BCUT2D eigenvalue weighted by Crippen LogP contribution is 2.26. The van der Waals surface area contributed by atoms with Crippen LogP contribution in [-0.2, 0) is 6.42 Å². The number of H-pyrrole nitrogens is 1. The lowest BCUT2D eigenvalue weighted by atomic mass is 9.86. The minimum Gasteiger partial charge on any atom is -0.292 e. The van der Waals surface area contributed by atoms with Gasteiger partial charge in [0.25, 0.3) is 5.56 Å². The number of fused-ring (bicyclic) bond motifs is 1. The largest absolute Gasteiger partial charge is 0.292 e. The molecule has 1 aliphatic rings. The molecule has 1 fully saturated rings. The van der Waals surface area contributed by atoms with Gasteiger partial charge in [0, 0.05) is 17.5 Å². The van der Waals surface area contributed by atoms with Crippen molar-refractivity contribution in [3.8, 4) is 0 Å². The average molecular weight is 245 g/mol. The van der Waals surface area contributed by atoms with Crippen LogP contribution < -0.4 is 5.56 Å². The van der Waals surface area contributed by atoms with E-state index in [-0.39, 0.29) is 5.56 Å². The smallest absolute Gasteiger partial charge is 0.255 e. The van der Waals surface area contributed by atoms with Crippen LogP contribution in [0.1, 0.15) is 43.4 Å². The van der Waals surface area contributed by atoms with Crippen LogP contribution in [0.25, 0.3) is 5.78 Å². The lowest BCUT2D eigenvalue weighted by Gasteiger charge is -2.21. The maximum absolute atomic E-state index is 11.5. The van der Waals surface area contributed by atoms with Gasteiger partial charge < -0.3 is 0 Å². The number of aryl methyl sites for hydroxylation is 1. The molecule has 1 aliphatic carbocycles. The third-order valence-electron chi connectivity index (χ3n) is 4.00. The molecular weight excluding hydrogens is 226 g/mol. The molecule has 1 N–H and O–H groups in total. The Balaban J connectivity index is 1.92. The Morgan fingerprint density at radius 1 is 1.39 bits per heavy atom. The molecule has 0 saturated heterocycles. The molecule has 96 valence electrons. The molecule has 0 spiro atoms. The molecule has 2 aromatic heterocycles. The van der Waals surface area contributed by atoms with E-state index in [1.807, 2.05) is 23.7 Å². The van der Waals surface area contributed by atoms with Gasteiger partial charge in [0.2, 0.25) is 5.78 Å². The summed E-state index contributed by atoms with van der Waals surface area (Å²) in [5.41, 5.74) is 1.92. The number of rotatable bonds is 2. The van der Waals surface area contributed by atoms with E-state index in [2.05, 4.69) is 9.97 Å². The zero-order valence-corrected chi connectivity index (χ0v) is 10.8. The monoisotopic (exact) mass is 245 g/mol. The molecule has 0 aromatic carbocycles. The van der Waals surface area contributed by atoms with Crippen LogP contribution in [0.3, 0.4) is 0 Å². The summed E-state index contributed by atoms with van der Waals surface area (Å²) in [6.45, 7) is 1.84. The van der Waals surface area contributed by atoms with E-state index in [9.17, 15) is 4.79 Å². The normalized spacial score (nSPS) is 17.4. The molecule has 4 nitrogen and oxygen atoms in total. The van der Waals surface area contributed by atoms with Crippen molar-refractivity contribution >= 4 is 5.78 Å². The van der Waals surface area contributed by atoms with Crippen LogP contribution in [0, 0.1) is 12.8 Å². The number of nitrogens with one attached hydrogen (secondary N) is 1. The van der Waals surface area contributed by atoms with E-state index < -0.39 is 0 Å². The summed E-state index contributed by atoms with van der Waals surface area (Å²) in [7, 11) is 0. The Bertz CT molecular complexity index is 605. The van der Waals surface area contributed by atoms with Crippen molar-refractivity contribution in [2.45, 2.75) is 45.4 Å². The lowest BCUT2D eigenvalue weighted by Crippen LogP contribution is -2.14. The van der Waals surface area contributed by atoms with Gasteiger partial charge in [-0.1, -0.05) is 32.1 Å². The average Bonchev–Trinajstić information content (AvgIpc) is 2.74. The number of aromatic nitrogens is 3. The maximum Gasteiger partial charge on any atom is 0.255 e. The van der Waals surface area contributed by atoms with Crippen molar-refractivity contribution < 1.29 is 0 Å². The fourth-order valence-corrected chi connectivity index (χ4v) is 2.92. The third-order valence-corrected chi connectivity index (χ3v) is 4.00. The predicted molar refractivity (Wildman–Crippen MR) is 70.8 cm³/mol. The van der Waals surface area contributed by atoms with Crippen molar-refractivity contribution in [2.75, 3.05) is 0 Å². The fraction of sp³-hybridized carbons (Fsp3) is 0.571. The van der Waals surface area contributed by atoms with Gasteiger partial charge in [0.05, 0.1) is 6.20 Å². The molecule has 18 heavy (non-hydrogen) atoms. The van der Waals surface area contributed by atoms with Crippen molar-refractivity contribution in [1.29, 1.82) is 0 Å². The van der Waals surface area contributed by atoms with E-state index in [1.54, 1.807) is 0 Å². The second-order valence-corrected chi connectivity index (χ2v) is 5.42. The number of hydrogen-bond acceptors (Lipinski definition) is 2. The molecule has 3 rings (SSSR count). The zero-order chi connectivity index (χ0) is 12.5. The Morgan fingerprint density at radius 2 is 2.17 bits per heavy atom. The highest BCUT2D eigenvalue weighted by Gasteiger charge is 2.16. The number of hydrogen-bond donors (Lipinski definition) is 1. The topological polar surface area (TPSA) is 50.2 Å². The first-order valence-corrected chi connectivity index (χ1v) is 6.80. The summed E-state index contributed by atoms with van der Waals surface area (Å²) in [4.78, 5) is 18.6. The maximum atomic E-state index is 11.5. The lowest BCUT2D eigenvalue weighted by molar-refractivity contribution is 0.353. The Hall–Kier alpha value is -1.58. The highest BCUT2D eigenvalue weighted by molar-refractivity contribution is 5.32. The van der Waals surface area contributed by atoms with E-state index >= 15 is 0 Å². The fourth-order valence-electron chi connectivity index (χ4n) is 2.92. The first-order valence-electron chi connectivity index (χ1n) is 6.80. The standard InChI is InChI=1S/C14H19N3O/c1-10-9-17-12(7-11-5-3-2-4-6-11)8-15-14(17)16-13(10)18/h8-9,11H,2-7H2,1H3,(H,15,16,18). The molecule has 1 saturated carbocycles. The van der Waals surface area contributed by atoms with Gasteiger partial charge in [0.15, 0.2) is 0 Å². The van der Waals surface area contributed by atoms with Gasteiger partial charge >= 0.3 is 0 Å². The van der Waals surface area contributed by atoms with Crippen LogP contribution in [0.2, 0.25) is 0 Å². The van der Waals surface area contributed by atoms with Crippen molar-refractivity contribution in [3.05, 3.63) is 34.0 Å². The van der Waals surface area contributed by atoms with Crippen LogP contribution in [-0.4, -0.2) is 14.4 Å². The van der Waals surface area contributed by atoms with Gasteiger partial charge in [-0.15, -0.1) is 0 Å². The Morgan fingerprint density at radius 3 is 2.94 bits per heavy atom. The van der Waals surface area contributed by atoms with Crippen molar-refractivity contribution in [1.82, 2.24) is 14.4 Å². The van der Waals surface area contributed by atoms with Crippen LogP contribution in [0.15, 0.2) is 17.2 Å². The number of aromatic amines is 1. The van der Waals surface area contributed by atoms with Crippen LogP contribution in [0.5, 0.6) is 0 Å². The van der Waals surface area contributed by atoms with Crippen LogP contribution >= 0.6 is 0 Å².